The predicted molar refractivity (Wildman–Crippen MR) is 80.7 cm³/mol. The highest BCUT2D eigenvalue weighted by molar-refractivity contribution is 6.30. The standard InChI is InChI=1S/C16H23ClFNO/c1-3-20-14-8-11(9-14)7-13(19-2)10-12-5-4-6-15(17)16(12)18/h4-6,11,13-14,19H,3,7-10H2,1-2H3. The van der Waals surface area contributed by atoms with E-state index in [-0.39, 0.29) is 16.9 Å². The molecule has 0 heterocycles. The third kappa shape index (κ3) is 3.94. The molecule has 0 saturated heterocycles. The number of ether oxygens (including phenoxy) is 1. The summed E-state index contributed by atoms with van der Waals surface area (Å²) in [6, 6.07) is 5.50. The molecule has 1 saturated carbocycles. The van der Waals surface area contributed by atoms with Crippen LogP contribution in [0.15, 0.2) is 18.2 Å². The van der Waals surface area contributed by atoms with Crippen molar-refractivity contribution >= 4 is 11.6 Å². The van der Waals surface area contributed by atoms with Gasteiger partial charge in [0.2, 0.25) is 0 Å². The van der Waals surface area contributed by atoms with E-state index in [2.05, 4.69) is 5.32 Å². The van der Waals surface area contributed by atoms with E-state index >= 15 is 0 Å². The maximum absolute atomic E-state index is 13.9. The normalized spacial score (nSPS) is 23.4. The first-order valence-electron chi connectivity index (χ1n) is 7.35. The fourth-order valence-corrected chi connectivity index (χ4v) is 3.11. The van der Waals surface area contributed by atoms with Gasteiger partial charge < -0.3 is 10.1 Å². The average Bonchev–Trinajstić information content (AvgIpc) is 2.40. The van der Waals surface area contributed by atoms with Crippen LogP contribution < -0.4 is 5.32 Å². The lowest BCUT2D eigenvalue weighted by molar-refractivity contribution is -0.0288. The van der Waals surface area contributed by atoms with Gasteiger partial charge >= 0.3 is 0 Å². The molecule has 1 aromatic rings. The minimum atomic E-state index is -0.282. The lowest BCUT2D eigenvalue weighted by Gasteiger charge is -2.37. The van der Waals surface area contributed by atoms with Gasteiger partial charge in [0.25, 0.3) is 0 Å². The monoisotopic (exact) mass is 299 g/mol. The van der Waals surface area contributed by atoms with Gasteiger partial charge in [-0.15, -0.1) is 0 Å². The summed E-state index contributed by atoms with van der Waals surface area (Å²) in [5.74, 6) is 0.404. The zero-order valence-electron chi connectivity index (χ0n) is 12.2. The zero-order valence-corrected chi connectivity index (χ0v) is 12.9. The maximum atomic E-state index is 13.9. The smallest absolute Gasteiger partial charge is 0.145 e. The van der Waals surface area contributed by atoms with E-state index < -0.39 is 0 Å². The van der Waals surface area contributed by atoms with Gasteiger partial charge in [-0.2, -0.15) is 0 Å². The molecule has 1 atom stereocenters. The molecule has 0 bridgehead atoms. The van der Waals surface area contributed by atoms with E-state index in [1.165, 1.54) is 0 Å². The van der Waals surface area contributed by atoms with Gasteiger partial charge in [-0.25, -0.2) is 4.39 Å². The summed E-state index contributed by atoms with van der Waals surface area (Å²) in [6.45, 7) is 2.83. The lowest BCUT2D eigenvalue weighted by atomic mass is 9.77. The highest BCUT2D eigenvalue weighted by Crippen LogP contribution is 2.34. The molecular formula is C16H23ClFNO. The highest BCUT2D eigenvalue weighted by atomic mass is 35.5. The molecule has 1 aliphatic carbocycles. The van der Waals surface area contributed by atoms with Gasteiger partial charge in [-0.05, 0) is 57.2 Å². The highest BCUT2D eigenvalue weighted by Gasteiger charge is 2.31. The third-order valence-corrected chi connectivity index (χ3v) is 4.41. The first-order valence-corrected chi connectivity index (χ1v) is 7.73. The van der Waals surface area contributed by atoms with Gasteiger partial charge in [0.15, 0.2) is 0 Å². The van der Waals surface area contributed by atoms with E-state index in [4.69, 9.17) is 16.3 Å². The SMILES string of the molecule is CCOC1CC(CC(Cc2cccc(Cl)c2F)NC)C1. The van der Waals surface area contributed by atoms with Crippen LogP contribution in [-0.4, -0.2) is 25.8 Å². The van der Waals surface area contributed by atoms with Crippen molar-refractivity contribution in [2.45, 2.75) is 44.8 Å². The Hall–Kier alpha value is -0.640. The quantitative estimate of drug-likeness (QED) is 0.826. The van der Waals surface area contributed by atoms with E-state index in [9.17, 15) is 4.39 Å². The second-order valence-corrected chi connectivity index (χ2v) is 5.96. The van der Waals surface area contributed by atoms with Crippen LogP contribution in [0, 0.1) is 11.7 Å². The molecule has 1 unspecified atom stereocenters. The molecule has 4 heteroatoms. The number of nitrogens with one attached hydrogen (secondary N) is 1. The Bertz CT molecular complexity index is 434. The average molecular weight is 300 g/mol. The van der Waals surface area contributed by atoms with E-state index in [0.29, 0.717) is 24.0 Å². The molecule has 1 fully saturated rings. The van der Waals surface area contributed by atoms with Crippen molar-refractivity contribution in [2.75, 3.05) is 13.7 Å². The van der Waals surface area contributed by atoms with Gasteiger partial charge in [-0.3, -0.25) is 0 Å². The minimum absolute atomic E-state index is 0.206. The number of rotatable bonds is 7. The van der Waals surface area contributed by atoms with Crippen LogP contribution in [0.25, 0.3) is 0 Å². The predicted octanol–water partition coefficient (Wildman–Crippen LogP) is 3.81. The zero-order chi connectivity index (χ0) is 14.5. The number of hydrogen-bond acceptors (Lipinski definition) is 2. The second-order valence-electron chi connectivity index (χ2n) is 5.55. The molecule has 1 N–H and O–H groups in total. The lowest BCUT2D eigenvalue weighted by Crippen LogP contribution is -2.38. The fraction of sp³-hybridized carbons (Fsp3) is 0.625. The minimum Gasteiger partial charge on any atom is -0.378 e. The van der Waals surface area contributed by atoms with Crippen LogP contribution in [0.1, 0.15) is 31.7 Å². The number of benzene rings is 1. The first kappa shape index (κ1) is 15.7. The summed E-state index contributed by atoms with van der Waals surface area (Å²) < 4.78 is 19.5. The Balaban J connectivity index is 1.85. The molecule has 0 spiro atoms. The molecule has 0 radical (unpaired) electrons. The number of likely N-dealkylation sites (N-methyl/N-ethyl adjacent to an activating group) is 1. The summed E-state index contributed by atoms with van der Waals surface area (Å²) in [5.41, 5.74) is 0.692. The third-order valence-electron chi connectivity index (χ3n) is 4.12. The summed E-state index contributed by atoms with van der Waals surface area (Å²) in [4.78, 5) is 0. The van der Waals surface area contributed by atoms with Crippen molar-refractivity contribution in [3.05, 3.63) is 34.6 Å². The Kier molecular flexibility index (Phi) is 5.82. The number of hydrogen-bond donors (Lipinski definition) is 1. The molecule has 0 amide bonds. The van der Waals surface area contributed by atoms with Crippen molar-refractivity contribution in [3.63, 3.8) is 0 Å². The summed E-state index contributed by atoms with van der Waals surface area (Å²) in [5, 5.41) is 3.50. The first-order chi connectivity index (χ1) is 9.63. The van der Waals surface area contributed by atoms with Gasteiger partial charge in [0, 0.05) is 12.6 Å². The molecule has 1 aromatic carbocycles. The van der Waals surface area contributed by atoms with Crippen LogP contribution in [0.4, 0.5) is 4.39 Å². The van der Waals surface area contributed by atoms with Crippen LogP contribution >= 0.6 is 11.6 Å². The topological polar surface area (TPSA) is 21.3 Å². The van der Waals surface area contributed by atoms with Gasteiger partial charge in [-0.1, -0.05) is 23.7 Å². The molecule has 2 rings (SSSR count). The molecule has 112 valence electrons. The summed E-state index contributed by atoms with van der Waals surface area (Å²) in [7, 11) is 1.94. The van der Waals surface area contributed by atoms with E-state index in [0.717, 1.165) is 25.9 Å². The van der Waals surface area contributed by atoms with Gasteiger partial charge in [0.05, 0.1) is 11.1 Å². The molecule has 2 nitrogen and oxygen atoms in total. The van der Waals surface area contributed by atoms with Crippen LogP contribution in [0.3, 0.4) is 0 Å². The van der Waals surface area contributed by atoms with Crippen molar-refractivity contribution in [2.24, 2.45) is 5.92 Å². The van der Waals surface area contributed by atoms with Crippen LogP contribution in [0.5, 0.6) is 0 Å². The number of halogens is 2. The molecule has 1 aliphatic rings. The van der Waals surface area contributed by atoms with Crippen molar-refractivity contribution in [3.8, 4) is 0 Å². The van der Waals surface area contributed by atoms with Crippen molar-refractivity contribution < 1.29 is 9.13 Å². The van der Waals surface area contributed by atoms with E-state index in [1.807, 2.05) is 26.1 Å². The van der Waals surface area contributed by atoms with E-state index in [1.54, 1.807) is 6.07 Å². The largest absolute Gasteiger partial charge is 0.378 e. The summed E-state index contributed by atoms with van der Waals surface area (Å²) >= 11 is 5.83. The molecule has 20 heavy (non-hydrogen) atoms. The van der Waals surface area contributed by atoms with Crippen molar-refractivity contribution in [1.29, 1.82) is 0 Å². The van der Waals surface area contributed by atoms with Gasteiger partial charge in [0.1, 0.15) is 5.82 Å². The molecule has 0 aromatic heterocycles. The summed E-state index contributed by atoms with van der Waals surface area (Å²) in [6.07, 6.45) is 4.43. The Morgan fingerprint density at radius 1 is 1.45 bits per heavy atom. The van der Waals surface area contributed by atoms with Crippen molar-refractivity contribution in [1.82, 2.24) is 5.32 Å². The van der Waals surface area contributed by atoms with Crippen LogP contribution in [-0.2, 0) is 11.2 Å². The van der Waals surface area contributed by atoms with Crippen LogP contribution in [0.2, 0.25) is 5.02 Å². The fourth-order valence-electron chi connectivity index (χ4n) is 2.92. The molecular weight excluding hydrogens is 277 g/mol. The molecule has 0 aliphatic heterocycles. The second kappa shape index (κ2) is 7.39. The Morgan fingerprint density at radius 2 is 2.20 bits per heavy atom. The Morgan fingerprint density at radius 3 is 2.85 bits per heavy atom. The Labute approximate surface area is 125 Å². The maximum Gasteiger partial charge on any atom is 0.145 e.